The number of nitrogens with zero attached hydrogens (tertiary/aromatic N) is 5. The van der Waals surface area contributed by atoms with Crippen LogP contribution in [0.1, 0.15) is 41.0 Å². The van der Waals surface area contributed by atoms with Crippen molar-refractivity contribution in [1.82, 2.24) is 25.1 Å². The summed E-state index contributed by atoms with van der Waals surface area (Å²) in [7, 11) is 0. The third-order valence-corrected chi connectivity index (χ3v) is 5.38. The maximum Gasteiger partial charge on any atom is 0.253 e. The Morgan fingerprint density at radius 1 is 1.28 bits per heavy atom. The minimum absolute atomic E-state index is 0.121. The van der Waals surface area contributed by atoms with Crippen molar-refractivity contribution in [3.8, 4) is 0 Å². The lowest BCUT2D eigenvalue weighted by atomic mass is 9.79. The number of aryl methyl sites for hydroxylation is 1. The van der Waals surface area contributed by atoms with Crippen LogP contribution in [0.15, 0.2) is 24.3 Å². The number of hydrogen-bond donors (Lipinski definition) is 0. The average Bonchev–Trinajstić information content (AvgIpc) is 3.25. The molecule has 0 aliphatic carbocycles. The van der Waals surface area contributed by atoms with Crippen LogP contribution in [0.3, 0.4) is 0 Å². The summed E-state index contributed by atoms with van der Waals surface area (Å²) < 4.78 is 7.33. The highest BCUT2D eigenvalue weighted by Gasteiger charge is 2.40. The van der Waals surface area contributed by atoms with Crippen molar-refractivity contribution in [3.05, 3.63) is 41.2 Å². The number of piperidine rings is 1. The van der Waals surface area contributed by atoms with E-state index >= 15 is 0 Å². The fourth-order valence-electron chi connectivity index (χ4n) is 3.86. The van der Waals surface area contributed by atoms with Gasteiger partial charge in [0, 0.05) is 30.7 Å². The van der Waals surface area contributed by atoms with Gasteiger partial charge in [-0.05, 0) is 54.3 Å². The molecule has 1 aromatic carbocycles. The number of likely N-dealkylation sites (tertiary alicyclic amines) is 1. The molecule has 0 N–H and O–H groups in total. The number of carbonyl (C=O) groups is 1. The highest BCUT2D eigenvalue weighted by Crippen LogP contribution is 2.38. The van der Waals surface area contributed by atoms with Crippen molar-refractivity contribution < 1.29 is 9.53 Å². The normalized spacial score (nSPS) is 23.3. The zero-order chi connectivity index (χ0) is 17.3. The van der Waals surface area contributed by atoms with Gasteiger partial charge in [0.1, 0.15) is 5.82 Å². The molecule has 2 aliphatic rings. The second-order valence-corrected chi connectivity index (χ2v) is 7.21. The first-order valence-corrected chi connectivity index (χ1v) is 8.84. The van der Waals surface area contributed by atoms with E-state index in [1.165, 1.54) is 6.42 Å². The summed E-state index contributed by atoms with van der Waals surface area (Å²) in [6, 6.07) is 7.77. The van der Waals surface area contributed by atoms with E-state index in [-0.39, 0.29) is 11.3 Å². The Morgan fingerprint density at radius 3 is 2.80 bits per heavy atom. The largest absolute Gasteiger partial charge is 0.381 e. The molecular formula is C18H23N5O2. The molecule has 7 heteroatoms. The number of amides is 1. The molecule has 132 valence electrons. The van der Waals surface area contributed by atoms with Crippen molar-refractivity contribution in [3.63, 3.8) is 0 Å². The third-order valence-electron chi connectivity index (χ3n) is 5.38. The van der Waals surface area contributed by atoms with Crippen LogP contribution in [-0.2, 0) is 11.3 Å². The van der Waals surface area contributed by atoms with Gasteiger partial charge in [-0.3, -0.25) is 4.79 Å². The van der Waals surface area contributed by atoms with Gasteiger partial charge in [-0.1, -0.05) is 12.1 Å². The van der Waals surface area contributed by atoms with Crippen LogP contribution in [0.25, 0.3) is 0 Å². The summed E-state index contributed by atoms with van der Waals surface area (Å²) in [5.74, 6) is 0.897. The zero-order valence-corrected chi connectivity index (χ0v) is 14.5. The molecule has 0 saturated carbocycles. The van der Waals surface area contributed by atoms with E-state index in [4.69, 9.17) is 4.74 Å². The Bertz CT molecular complexity index is 749. The maximum absolute atomic E-state index is 12.9. The molecule has 2 saturated heterocycles. The molecule has 1 atom stereocenters. The van der Waals surface area contributed by atoms with E-state index in [2.05, 4.69) is 15.5 Å². The first kappa shape index (κ1) is 16.2. The van der Waals surface area contributed by atoms with Crippen LogP contribution in [0.5, 0.6) is 0 Å². The van der Waals surface area contributed by atoms with Crippen molar-refractivity contribution in [1.29, 1.82) is 0 Å². The number of hydrogen-bond acceptors (Lipinski definition) is 5. The molecule has 1 spiro atoms. The van der Waals surface area contributed by atoms with Crippen LogP contribution < -0.4 is 0 Å². The van der Waals surface area contributed by atoms with Crippen molar-refractivity contribution in [2.45, 2.75) is 32.7 Å². The van der Waals surface area contributed by atoms with E-state index in [0.29, 0.717) is 6.54 Å². The maximum atomic E-state index is 12.9. The Kier molecular flexibility index (Phi) is 4.25. The van der Waals surface area contributed by atoms with Gasteiger partial charge in [0.25, 0.3) is 5.91 Å². The molecule has 1 unspecified atom stereocenters. The molecule has 7 nitrogen and oxygen atoms in total. The van der Waals surface area contributed by atoms with Gasteiger partial charge in [0.2, 0.25) is 0 Å². The summed E-state index contributed by atoms with van der Waals surface area (Å²) >= 11 is 0. The molecule has 2 aliphatic heterocycles. The summed E-state index contributed by atoms with van der Waals surface area (Å²) in [5, 5.41) is 11.5. The molecular weight excluding hydrogens is 318 g/mol. The Morgan fingerprint density at radius 2 is 2.12 bits per heavy atom. The molecule has 1 aromatic heterocycles. The topological polar surface area (TPSA) is 73.1 Å². The fourth-order valence-corrected chi connectivity index (χ4v) is 3.86. The lowest BCUT2D eigenvalue weighted by molar-refractivity contribution is 0.0462. The van der Waals surface area contributed by atoms with Crippen LogP contribution in [0.4, 0.5) is 0 Å². The number of benzene rings is 1. The summed E-state index contributed by atoms with van der Waals surface area (Å²) in [6.07, 6.45) is 3.30. The average molecular weight is 341 g/mol. The standard InChI is InChI=1S/C18H23N5O2/c1-14-19-20-21-23(14)11-15-3-5-16(6-4-15)17(24)22-9-2-7-18(12-22)8-10-25-13-18/h3-6H,2,7-13H2,1H3. The number of ether oxygens (including phenoxy) is 1. The Balaban J connectivity index is 1.44. The first-order valence-electron chi connectivity index (χ1n) is 8.84. The van der Waals surface area contributed by atoms with Gasteiger partial charge in [0.15, 0.2) is 0 Å². The highest BCUT2D eigenvalue weighted by molar-refractivity contribution is 5.94. The molecule has 0 bridgehead atoms. The minimum atomic E-state index is 0.121. The Labute approximate surface area is 147 Å². The monoisotopic (exact) mass is 341 g/mol. The minimum Gasteiger partial charge on any atom is -0.381 e. The van der Waals surface area contributed by atoms with Gasteiger partial charge in [-0.2, -0.15) is 0 Å². The smallest absolute Gasteiger partial charge is 0.253 e. The number of tetrazole rings is 1. The van der Waals surface area contributed by atoms with E-state index in [0.717, 1.165) is 56.1 Å². The van der Waals surface area contributed by atoms with Gasteiger partial charge >= 0.3 is 0 Å². The quantitative estimate of drug-likeness (QED) is 0.849. The molecule has 2 aromatic rings. The molecule has 3 heterocycles. The SMILES string of the molecule is Cc1nnnn1Cc1ccc(C(=O)N2CCCC3(CCOC3)C2)cc1. The fraction of sp³-hybridized carbons (Fsp3) is 0.556. The van der Waals surface area contributed by atoms with Crippen molar-refractivity contribution >= 4 is 5.91 Å². The Hall–Kier alpha value is -2.28. The van der Waals surface area contributed by atoms with Crippen molar-refractivity contribution in [2.75, 3.05) is 26.3 Å². The van der Waals surface area contributed by atoms with Crippen LogP contribution in [0, 0.1) is 12.3 Å². The van der Waals surface area contributed by atoms with E-state index in [9.17, 15) is 4.79 Å². The lowest BCUT2D eigenvalue weighted by Crippen LogP contribution is -2.46. The molecule has 4 rings (SSSR count). The highest BCUT2D eigenvalue weighted by atomic mass is 16.5. The van der Waals surface area contributed by atoms with E-state index in [1.54, 1.807) is 4.68 Å². The molecule has 25 heavy (non-hydrogen) atoms. The predicted octanol–water partition coefficient (Wildman–Crippen LogP) is 1.67. The van der Waals surface area contributed by atoms with Gasteiger partial charge in [-0.15, -0.1) is 5.10 Å². The second-order valence-electron chi connectivity index (χ2n) is 7.21. The number of aromatic nitrogens is 4. The number of rotatable bonds is 3. The molecule has 1 amide bonds. The van der Waals surface area contributed by atoms with Gasteiger partial charge in [0.05, 0.1) is 13.2 Å². The third kappa shape index (κ3) is 3.28. The molecule has 0 radical (unpaired) electrons. The van der Waals surface area contributed by atoms with Crippen LogP contribution in [0.2, 0.25) is 0 Å². The van der Waals surface area contributed by atoms with E-state index in [1.807, 2.05) is 36.1 Å². The first-order chi connectivity index (χ1) is 12.2. The molecule has 2 fully saturated rings. The summed E-state index contributed by atoms with van der Waals surface area (Å²) in [4.78, 5) is 14.9. The lowest BCUT2D eigenvalue weighted by Gasteiger charge is -2.39. The van der Waals surface area contributed by atoms with Crippen LogP contribution in [-0.4, -0.2) is 57.3 Å². The van der Waals surface area contributed by atoms with Crippen LogP contribution >= 0.6 is 0 Å². The van der Waals surface area contributed by atoms with Gasteiger partial charge in [-0.25, -0.2) is 4.68 Å². The summed E-state index contributed by atoms with van der Waals surface area (Å²) in [5.41, 5.74) is 2.00. The van der Waals surface area contributed by atoms with E-state index < -0.39 is 0 Å². The van der Waals surface area contributed by atoms with Crippen molar-refractivity contribution in [2.24, 2.45) is 5.41 Å². The summed E-state index contributed by atoms with van der Waals surface area (Å²) in [6.45, 7) is 5.76. The van der Waals surface area contributed by atoms with Gasteiger partial charge < -0.3 is 9.64 Å². The number of carbonyl (C=O) groups excluding carboxylic acids is 1. The predicted molar refractivity (Wildman–Crippen MR) is 91.1 cm³/mol. The second kappa shape index (κ2) is 6.55. The zero-order valence-electron chi connectivity index (χ0n) is 14.5.